The van der Waals surface area contributed by atoms with E-state index in [1.165, 1.54) is 0 Å². The second kappa shape index (κ2) is 5.48. The van der Waals surface area contributed by atoms with E-state index in [0.717, 1.165) is 11.1 Å². The smallest absolute Gasteiger partial charge is 0.400 e. The van der Waals surface area contributed by atoms with Crippen molar-refractivity contribution in [3.8, 4) is 0 Å². The lowest BCUT2D eigenvalue weighted by Gasteiger charge is -2.32. The Bertz CT molecular complexity index is 551. The molecule has 4 nitrogen and oxygen atoms in total. The van der Waals surface area contributed by atoms with Gasteiger partial charge in [0.05, 0.1) is 17.8 Å². The van der Waals surface area contributed by atoms with Crippen LogP contribution in [0.15, 0.2) is 23.7 Å². The Balaban J connectivity index is 2.33. The maximum atomic E-state index is 9.68. The fourth-order valence-electron chi connectivity index (χ4n) is 2.20. The molecule has 0 amide bonds. The molecule has 2 rings (SSSR count). The minimum Gasteiger partial charge on any atom is -0.400 e. The van der Waals surface area contributed by atoms with E-state index in [2.05, 4.69) is 0 Å². The molecule has 0 spiro atoms. The minimum atomic E-state index is -0.556. The highest BCUT2D eigenvalue weighted by atomic mass is 16.7. The Morgan fingerprint density at radius 3 is 2.33 bits per heavy atom. The van der Waals surface area contributed by atoms with Gasteiger partial charge in [-0.2, -0.15) is 0 Å². The first-order valence-corrected chi connectivity index (χ1v) is 7.19. The standard InChI is InChI=1S/C16H24BNO3/c1-11-6-7-14(18)12(8-11)9-13(10-19)17-20-15(2,3)16(4,5)21-17/h6-9,19H,10,18H2,1-5H3. The van der Waals surface area contributed by atoms with Crippen LogP contribution in [0.1, 0.15) is 38.8 Å². The first-order valence-electron chi connectivity index (χ1n) is 7.19. The van der Waals surface area contributed by atoms with E-state index >= 15 is 0 Å². The number of hydrogen-bond donors (Lipinski definition) is 2. The van der Waals surface area contributed by atoms with Crippen molar-refractivity contribution in [1.29, 1.82) is 0 Å². The van der Waals surface area contributed by atoms with Crippen molar-refractivity contribution in [1.82, 2.24) is 0 Å². The average Bonchev–Trinajstić information content (AvgIpc) is 2.59. The monoisotopic (exact) mass is 289 g/mol. The van der Waals surface area contributed by atoms with Crippen molar-refractivity contribution < 1.29 is 14.4 Å². The van der Waals surface area contributed by atoms with E-state index in [-0.39, 0.29) is 6.61 Å². The van der Waals surface area contributed by atoms with Crippen molar-refractivity contribution in [3.05, 3.63) is 34.8 Å². The number of aryl methyl sites for hydroxylation is 1. The molecule has 0 aromatic heterocycles. The fraction of sp³-hybridized carbons (Fsp3) is 0.500. The summed E-state index contributed by atoms with van der Waals surface area (Å²) in [6.07, 6.45) is 1.85. The van der Waals surface area contributed by atoms with E-state index in [1.807, 2.05) is 58.9 Å². The van der Waals surface area contributed by atoms with Crippen molar-refractivity contribution in [2.75, 3.05) is 12.3 Å². The van der Waals surface area contributed by atoms with Crippen molar-refractivity contribution in [3.63, 3.8) is 0 Å². The van der Waals surface area contributed by atoms with Crippen LogP contribution in [0.5, 0.6) is 0 Å². The number of nitrogen functional groups attached to an aromatic ring is 1. The van der Waals surface area contributed by atoms with Crippen LogP contribution in [0.2, 0.25) is 0 Å². The molecule has 1 aliphatic heterocycles. The van der Waals surface area contributed by atoms with Gasteiger partial charge in [0.25, 0.3) is 0 Å². The van der Waals surface area contributed by atoms with Gasteiger partial charge in [0, 0.05) is 5.69 Å². The third kappa shape index (κ3) is 3.15. The molecule has 0 bridgehead atoms. The number of aliphatic hydroxyl groups excluding tert-OH is 1. The molecule has 0 saturated carbocycles. The highest BCUT2D eigenvalue weighted by Crippen LogP contribution is 2.38. The molecule has 1 saturated heterocycles. The molecule has 0 atom stereocenters. The molecule has 21 heavy (non-hydrogen) atoms. The van der Waals surface area contributed by atoms with E-state index in [9.17, 15) is 5.11 Å². The Morgan fingerprint density at radius 2 is 1.81 bits per heavy atom. The summed E-state index contributed by atoms with van der Waals surface area (Å²) in [4.78, 5) is 0. The third-order valence-corrected chi connectivity index (χ3v) is 4.32. The van der Waals surface area contributed by atoms with Crippen LogP contribution in [0.3, 0.4) is 0 Å². The molecular formula is C16H24BNO3. The second-order valence-electron chi connectivity index (χ2n) is 6.60. The second-order valence-corrected chi connectivity index (χ2v) is 6.60. The average molecular weight is 289 g/mol. The van der Waals surface area contributed by atoms with Gasteiger partial charge in [-0.25, -0.2) is 0 Å². The summed E-state index contributed by atoms with van der Waals surface area (Å²) in [5.74, 6) is 0. The number of hydrogen-bond acceptors (Lipinski definition) is 4. The SMILES string of the molecule is Cc1ccc(N)c(C=C(CO)B2OC(C)(C)C(C)(C)O2)c1. The Kier molecular flexibility index (Phi) is 4.20. The van der Waals surface area contributed by atoms with Gasteiger partial charge < -0.3 is 20.1 Å². The van der Waals surface area contributed by atoms with Gasteiger partial charge in [-0.1, -0.05) is 23.8 Å². The quantitative estimate of drug-likeness (QED) is 0.663. The summed E-state index contributed by atoms with van der Waals surface area (Å²) in [6, 6.07) is 5.80. The van der Waals surface area contributed by atoms with Gasteiger partial charge in [-0.15, -0.1) is 0 Å². The van der Waals surface area contributed by atoms with Crippen molar-refractivity contribution in [2.24, 2.45) is 0 Å². The predicted octanol–water partition coefficient (Wildman–Crippen LogP) is 2.58. The molecule has 1 heterocycles. The van der Waals surface area contributed by atoms with Crippen LogP contribution in [0.25, 0.3) is 6.08 Å². The summed E-state index contributed by atoms with van der Waals surface area (Å²) >= 11 is 0. The first-order chi connectivity index (χ1) is 9.66. The first kappa shape index (κ1) is 16.1. The molecule has 3 N–H and O–H groups in total. The summed E-state index contributed by atoms with van der Waals surface area (Å²) < 4.78 is 11.9. The van der Waals surface area contributed by atoms with Crippen LogP contribution < -0.4 is 5.73 Å². The summed E-state index contributed by atoms with van der Waals surface area (Å²) in [7, 11) is -0.556. The van der Waals surface area contributed by atoms with Gasteiger partial charge >= 0.3 is 7.12 Å². The van der Waals surface area contributed by atoms with Gasteiger partial charge in [0.2, 0.25) is 0 Å². The van der Waals surface area contributed by atoms with Crippen LogP contribution >= 0.6 is 0 Å². The molecule has 5 heteroatoms. The van der Waals surface area contributed by atoms with Gasteiger partial charge in [0.1, 0.15) is 0 Å². The molecule has 1 aliphatic rings. The van der Waals surface area contributed by atoms with Gasteiger partial charge in [-0.05, 0) is 51.7 Å². The van der Waals surface area contributed by atoms with Gasteiger partial charge in [0.15, 0.2) is 0 Å². The van der Waals surface area contributed by atoms with Crippen molar-refractivity contribution >= 4 is 18.9 Å². The normalized spacial score (nSPS) is 20.9. The van der Waals surface area contributed by atoms with Crippen LogP contribution in [0.4, 0.5) is 5.69 Å². The van der Waals surface area contributed by atoms with Gasteiger partial charge in [-0.3, -0.25) is 0 Å². The minimum absolute atomic E-state index is 0.135. The van der Waals surface area contributed by atoms with Crippen LogP contribution in [0, 0.1) is 6.92 Å². The predicted molar refractivity (Wildman–Crippen MR) is 86.7 cm³/mol. The molecule has 1 fully saturated rings. The summed E-state index contributed by atoms with van der Waals surface area (Å²) in [6.45, 7) is 9.83. The van der Waals surface area contributed by atoms with E-state index < -0.39 is 18.3 Å². The lowest BCUT2D eigenvalue weighted by Crippen LogP contribution is -2.41. The van der Waals surface area contributed by atoms with Crippen LogP contribution in [-0.2, 0) is 9.31 Å². The lowest BCUT2D eigenvalue weighted by molar-refractivity contribution is 0.00578. The molecule has 1 aromatic rings. The number of nitrogens with two attached hydrogens (primary N) is 1. The maximum absolute atomic E-state index is 9.68. The third-order valence-electron chi connectivity index (χ3n) is 4.32. The molecule has 0 radical (unpaired) electrons. The topological polar surface area (TPSA) is 64.7 Å². The summed E-state index contributed by atoms with van der Waals surface area (Å²) in [5, 5.41) is 9.68. The number of aliphatic hydroxyl groups is 1. The number of benzene rings is 1. The Labute approximate surface area is 127 Å². The zero-order chi connectivity index (χ0) is 15.8. The largest absolute Gasteiger partial charge is 0.492 e. The highest BCUT2D eigenvalue weighted by Gasteiger charge is 2.52. The number of rotatable bonds is 3. The lowest BCUT2D eigenvalue weighted by atomic mass is 9.77. The molecule has 0 aliphatic carbocycles. The fourth-order valence-corrected chi connectivity index (χ4v) is 2.20. The Hall–Kier alpha value is -1.30. The summed E-state index contributed by atoms with van der Waals surface area (Å²) in [5.41, 5.74) is 8.46. The zero-order valence-corrected chi connectivity index (χ0v) is 13.4. The molecule has 1 aromatic carbocycles. The Morgan fingerprint density at radius 1 is 1.24 bits per heavy atom. The van der Waals surface area contributed by atoms with E-state index in [4.69, 9.17) is 15.0 Å². The zero-order valence-electron chi connectivity index (χ0n) is 13.4. The molecular weight excluding hydrogens is 265 g/mol. The van der Waals surface area contributed by atoms with Crippen molar-refractivity contribution in [2.45, 2.75) is 45.8 Å². The molecule has 0 unspecified atom stereocenters. The van der Waals surface area contributed by atoms with Crippen LogP contribution in [-0.4, -0.2) is 30.0 Å². The van der Waals surface area contributed by atoms with E-state index in [0.29, 0.717) is 11.2 Å². The number of anilines is 1. The van der Waals surface area contributed by atoms with E-state index in [1.54, 1.807) is 0 Å². The highest BCUT2D eigenvalue weighted by molar-refractivity contribution is 6.55. The molecule has 114 valence electrons. The maximum Gasteiger partial charge on any atom is 0.492 e.